The van der Waals surface area contributed by atoms with Crippen molar-refractivity contribution in [2.45, 2.75) is 4.90 Å². The molecule has 0 saturated heterocycles. The molecule has 8 nitrogen and oxygen atoms in total. The topological polar surface area (TPSA) is 143 Å². The van der Waals surface area contributed by atoms with Gasteiger partial charge in [-0.2, -0.15) is 13.5 Å². The van der Waals surface area contributed by atoms with E-state index in [1.807, 2.05) is 0 Å². The second-order valence-electron chi connectivity index (χ2n) is 5.40. The third kappa shape index (κ3) is 4.74. The number of nitrogens with zero attached hydrogens (tertiary/aromatic N) is 2. The Bertz CT molecular complexity index is 1100. The summed E-state index contributed by atoms with van der Waals surface area (Å²) >= 11 is 0. The summed E-state index contributed by atoms with van der Waals surface area (Å²) in [7, 11) is -6.16. The minimum absolute atomic E-state index is 0. The van der Waals surface area contributed by atoms with Crippen molar-refractivity contribution in [2.75, 3.05) is 0 Å². The van der Waals surface area contributed by atoms with Crippen molar-refractivity contribution in [3.8, 4) is 5.75 Å². The van der Waals surface area contributed by atoms with Crippen LogP contribution in [0, 0.1) is 0 Å². The predicted octanol–water partition coefficient (Wildman–Crippen LogP) is -1.74. The van der Waals surface area contributed by atoms with Crippen LogP contribution in [0.1, 0.15) is 0 Å². The summed E-state index contributed by atoms with van der Waals surface area (Å²) in [5.74, 6) is -0.562. The summed E-state index contributed by atoms with van der Waals surface area (Å²) in [5.41, 5.74) is 0.957. The van der Waals surface area contributed by atoms with Crippen molar-refractivity contribution in [2.24, 2.45) is 10.2 Å². The molecule has 0 bridgehead atoms. The molecule has 0 aliphatic rings. The van der Waals surface area contributed by atoms with E-state index < -0.39 is 27.9 Å². The van der Waals surface area contributed by atoms with Crippen LogP contribution in [-0.2, 0) is 10.1 Å². The summed E-state index contributed by atoms with van der Waals surface area (Å²) in [5, 5.41) is 38.3. The molecule has 3 rings (SSSR count). The molecule has 132 valence electrons. The average Bonchev–Trinajstić information content (AvgIpc) is 2.60. The summed E-state index contributed by atoms with van der Waals surface area (Å²) in [6, 6.07) is 12.6. The van der Waals surface area contributed by atoms with Crippen LogP contribution < -0.4 is 40.1 Å². The van der Waals surface area contributed by atoms with E-state index in [0.717, 1.165) is 12.1 Å². The van der Waals surface area contributed by atoms with Crippen LogP contribution in [0.25, 0.3) is 10.8 Å². The van der Waals surface area contributed by atoms with Crippen LogP contribution in [0.3, 0.4) is 0 Å². The van der Waals surface area contributed by atoms with Gasteiger partial charge in [0.05, 0.1) is 11.4 Å². The molecule has 0 atom stereocenters. The number of benzene rings is 3. The molecule has 0 spiro atoms. The molecular weight excluding hydrogens is 382 g/mol. The van der Waals surface area contributed by atoms with Gasteiger partial charge in [0.15, 0.2) is 0 Å². The molecule has 0 heterocycles. The van der Waals surface area contributed by atoms with Crippen molar-refractivity contribution in [3.05, 3.63) is 54.6 Å². The maximum absolute atomic E-state index is 12.1. The molecule has 0 fully saturated rings. The van der Waals surface area contributed by atoms with Gasteiger partial charge in [0.1, 0.15) is 4.90 Å². The van der Waals surface area contributed by atoms with E-state index in [2.05, 4.69) is 10.2 Å². The molecule has 0 radical (unpaired) electrons. The van der Waals surface area contributed by atoms with Crippen molar-refractivity contribution in [1.29, 1.82) is 0 Å². The summed E-state index contributed by atoms with van der Waals surface area (Å²) < 4.78 is 32.3. The van der Waals surface area contributed by atoms with Gasteiger partial charge in [0, 0.05) is 5.39 Å². The van der Waals surface area contributed by atoms with Gasteiger partial charge < -0.3 is 15.2 Å². The second kappa shape index (κ2) is 8.49. The Morgan fingerprint density at radius 2 is 1.59 bits per heavy atom. The minimum Gasteiger partial charge on any atom is -0.872 e. The van der Waals surface area contributed by atoms with Gasteiger partial charge in [-0.15, -0.1) is 5.11 Å². The molecule has 0 unspecified atom stereocenters. The smallest absolute Gasteiger partial charge is 0.872 e. The van der Waals surface area contributed by atoms with Crippen LogP contribution in [0.15, 0.2) is 69.7 Å². The first-order valence-electron chi connectivity index (χ1n) is 7.35. The third-order valence-electron chi connectivity index (χ3n) is 3.68. The van der Waals surface area contributed by atoms with Crippen LogP contribution >= 0.6 is 0 Å². The van der Waals surface area contributed by atoms with Crippen LogP contribution in [0.2, 0.25) is 0 Å². The Hall–Kier alpha value is -1.79. The average molecular weight is 394 g/mol. The zero-order valence-corrected chi connectivity index (χ0v) is 17.0. The third-order valence-corrected chi connectivity index (χ3v) is 4.58. The van der Waals surface area contributed by atoms with Gasteiger partial charge in [0.25, 0.3) is 10.1 Å². The van der Waals surface area contributed by atoms with E-state index in [1.54, 1.807) is 0 Å². The van der Waals surface area contributed by atoms with E-state index >= 15 is 0 Å². The monoisotopic (exact) mass is 394 g/mol. The molecule has 3 N–H and O–H groups in total. The van der Waals surface area contributed by atoms with Crippen LogP contribution in [0.4, 0.5) is 11.4 Å². The summed E-state index contributed by atoms with van der Waals surface area (Å²) in [6.45, 7) is 0. The van der Waals surface area contributed by atoms with Gasteiger partial charge in [-0.3, -0.25) is 4.55 Å². The van der Waals surface area contributed by atoms with Crippen LogP contribution in [-0.4, -0.2) is 30.1 Å². The largest absolute Gasteiger partial charge is 1.00 e. The SMILES string of the molecule is O=S(=O)(O)c1cccc2c(N=Nc3ccc(B(O)O)cc3)ccc([O-])c12.[Na+]. The van der Waals surface area contributed by atoms with Gasteiger partial charge in [-0.05, 0) is 35.1 Å². The van der Waals surface area contributed by atoms with E-state index in [0.29, 0.717) is 11.2 Å². The number of hydrogen-bond donors (Lipinski definition) is 3. The molecule has 11 heteroatoms. The zero-order chi connectivity index (χ0) is 18.9. The van der Waals surface area contributed by atoms with Crippen molar-refractivity contribution in [3.63, 3.8) is 0 Å². The van der Waals surface area contributed by atoms with Gasteiger partial charge >= 0.3 is 36.7 Å². The quantitative estimate of drug-likeness (QED) is 0.272. The number of fused-ring (bicyclic) bond motifs is 1. The first-order chi connectivity index (χ1) is 12.3. The van der Waals surface area contributed by atoms with Crippen molar-refractivity contribution >= 4 is 44.8 Å². The van der Waals surface area contributed by atoms with E-state index in [1.165, 1.54) is 42.5 Å². The first-order valence-corrected chi connectivity index (χ1v) is 8.79. The number of rotatable bonds is 4. The Morgan fingerprint density at radius 1 is 0.926 bits per heavy atom. The molecule has 0 aromatic heterocycles. The Morgan fingerprint density at radius 3 is 2.19 bits per heavy atom. The summed E-state index contributed by atoms with van der Waals surface area (Å²) in [6.07, 6.45) is 0. The van der Waals surface area contributed by atoms with Crippen molar-refractivity contribution < 1.29 is 57.7 Å². The fourth-order valence-electron chi connectivity index (χ4n) is 2.45. The molecule has 0 saturated carbocycles. The first kappa shape index (κ1) is 21.5. The zero-order valence-electron chi connectivity index (χ0n) is 14.1. The maximum atomic E-state index is 12.1. The van der Waals surface area contributed by atoms with E-state index in [4.69, 9.17) is 10.0 Å². The fourth-order valence-corrected chi connectivity index (χ4v) is 3.17. The molecule has 0 aliphatic heterocycles. The van der Waals surface area contributed by atoms with Gasteiger partial charge in [-0.25, -0.2) is 0 Å². The van der Waals surface area contributed by atoms with E-state index in [9.17, 15) is 18.1 Å². The minimum atomic E-state index is -4.57. The molecule has 3 aromatic carbocycles. The van der Waals surface area contributed by atoms with Crippen molar-refractivity contribution in [1.82, 2.24) is 0 Å². The van der Waals surface area contributed by atoms with Crippen LogP contribution in [0.5, 0.6) is 5.75 Å². The van der Waals surface area contributed by atoms with Gasteiger partial charge in [-0.1, -0.05) is 36.1 Å². The molecule has 0 aliphatic carbocycles. The molecule has 0 amide bonds. The molecular formula is C16H12BN2NaO6S. The van der Waals surface area contributed by atoms with E-state index in [-0.39, 0.29) is 46.0 Å². The summed E-state index contributed by atoms with van der Waals surface area (Å²) in [4.78, 5) is -0.488. The normalized spacial score (nSPS) is 11.5. The fraction of sp³-hybridized carbons (Fsp3) is 0. The number of hydrogen-bond acceptors (Lipinski definition) is 7. The Labute approximate surface area is 177 Å². The Balaban J connectivity index is 0.00000261. The number of azo groups is 1. The second-order valence-corrected chi connectivity index (χ2v) is 6.79. The molecule has 3 aromatic rings. The van der Waals surface area contributed by atoms with Gasteiger partial charge in [0.2, 0.25) is 0 Å². The predicted molar refractivity (Wildman–Crippen MR) is 93.7 cm³/mol. The Kier molecular flexibility index (Phi) is 6.76. The standard InChI is InChI=1S/C16H13BN2O6S.Na/c20-14-9-8-13(12-2-1-3-15(16(12)14)26(23,24)25)19-18-11-6-4-10(5-7-11)17(21)22;/h1-9,20-22H,(H,23,24,25);/q;+1/p-1. The molecule has 27 heavy (non-hydrogen) atoms. The maximum Gasteiger partial charge on any atom is 1.00 e.